The molecule has 2 aliphatic rings. The number of para-hydroxylation sites is 1. The molecule has 2 fully saturated rings. The molecule has 1 aromatic heterocycles. The predicted molar refractivity (Wildman–Crippen MR) is 136 cm³/mol. The van der Waals surface area contributed by atoms with Gasteiger partial charge in [-0.1, -0.05) is 41.9 Å². The third-order valence-corrected chi connectivity index (χ3v) is 6.39. The van der Waals surface area contributed by atoms with Gasteiger partial charge >= 0.3 is 0 Å². The Morgan fingerprint density at radius 3 is 2.15 bits per heavy atom. The molecule has 5 rings (SSSR count). The lowest BCUT2D eigenvalue weighted by molar-refractivity contribution is 0.306. The summed E-state index contributed by atoms with van der Waals surface area (Å²) in [6.45, 7) is 4.28. The minimum absolute atomic E-state index is 0.379. The summed E-state index contributed by atoms with van der Waals surface area (Å²) in [4.78, 5) is 18.4. The van der Waals surface area contributed by atoms with Crippen LogP contribution in [-0.4, -0.2) is 47.3 Å². The minimum Gasteiger partial charge on any atom is -0.488 e. The molecule has 9 heteroatoms. The van der Waals surface area contributed by atoms with Crippen LogP contribution in [0.3, 0.4) is 0 Å². The lowest BCUT2D eigenvalue weighted by Crippen LogP contribution is -2.25. The molecule has 0 unspecified atom stereocenters. The maximum absolute atomic E-state index is 6.26. The molecule has 34 heavy (non-hydrogen) atoms. The number of hydrogen-bond acceptors (Lipinski definition) is 8. The summed E-state index contributed by atoms with van der Waals surface area (Å²) in [6.07, 6.45) is 6.37. The molecule has 0 amide bonds. The summed E-state index contributed by atoms with van der Waals surface area (Å²) in [5.74, 6) is 2.61. The van der Waals surface area contributed by atoms with Gasteiger partial charge in [-0.2, -0.15) is 20.1 Å². The molecule has 0 radical (unpaired) electrons. The standard InChI is InChI=1S/C25H28ClN7O/c26-21-11-3-1-10-20(21)18-34-22-12-4-2-9-19(22)17-27-31-23-28-24(32-13-5-6-14-32)30-25(29-23)33-15-7-8-16-33/h1-4,9-12,17H,5-8,13-16,18H2,(H,28,29,30,31)/b27-17-. The molecule has 3 aromatic rings. The van der Waals surface area contributed by atoms with Crippen LogP contribution in [0, 0.1) is 0 Å². The van der Waals surface area contributed by atoms with Crippen molar-refractivity contribution in [1.29, 1.82) is 0 Å². The van der Waals surface area contributed by atoms with Gasteiger partial charge in [0.2, 0.25) is 17.8 Å². The molecule has 2 aliphatic heterocycles. The Morgan fingerprint density at radius 2 is 1.47 bits per heavy atom. The van der Waals surface area contributed by atoms with Crippen LogP contribution in [0.15, 0.2) is 53.6 Å². The fourth-order valence-corrected chi connectivity index (χ4v) is 4.36. The number of nitrogens with zero attached hydrogens (tertiary/aromatic N) is 6. The Hall–Kier alpha value is -3.39. The molecule has 2 saturated heterocycles. The largest absolute Gasteiger partial charge is 0.488 e. The molecule has 176 valence electrons. The van der Waals surface area contributed by atoms with E-state index in [4.69, 9.17) is 21.3 Å². The zero-order valence-corrected chi connectivity index (χ0v) is 19.8. The fourth-order valence-electron chi connectivity index (χ4n) is 4.17. The molecule has 0 atom stereocenters. The second-order valence-electron chi connectivity index (χ2n) is 8.44. The number of ether oxygens (including phenoxy) is 1. The van der Waals surface area contributed by atoms with Crippen LogP contribution < -0.4 is 20.0 Å². The zero-order valence-electron chi connectivity index (χ0n) is 19.0. The average molecular weight is 478 g/mol. The molecular weight excluding hydrogens is 450 g/mol. The van der Waals surface area contributed by atoms with E-state index in [1.54, 1.807) is 6.21 Å². The first-order valence-corrected chi connectivity index (χ1v) is 12.1. The van der Waals surface area contributed by atoms with E-state index in [2.05, 4.69) is 30.3 Å². The van der Waals surface area contributed by atoms with E-state index in [0.717, 1.165) is 80.6 Å². The third-order valence-electron chi connectivity index (χ3n) is 6.02. The summed E-state index contributed by atoms with van der Waals surface area (Å²) in [7, 11) is 0. The smallest absolute Gasteiger partial charge is 0.250 e. The number of anilines is 3. The fraction of sp³-hybridized carbons (Fsp3) is 0.360. The number of hydrazone groups is 1. The van der Waals surface area contributed by atoms with Gasteiger partial charge in [0.05, 0.1) is 6.21 Å². The van der Waals surface area contributed by atoms with Gasteiger partial charge < -0.3 is 14.5 Å². The van der Waals surface area contributed by atoms with Gasteiger partial charge in [0.25, 0.3) is 0 Å². The van der Waals surface area contributed by atoms with Crippen molar-refractivity contribution in [2.24, 2.45) is 5.10 Å². The molecule has 0 saturated carbocycles. The highest BCUT2D eigenvalue weighted by molar-refractivity contribution is 6.31. The SMILES string of the molecule is Clc1ccccc1COc1ccccc1/C=N\Nc1nc(N2CCCC2)nc(N2CCCC2)n1. The minimum atomic E-state index is 0.379. The van der Waals surface area contributed by atoms with Gasteiger partial charge in [-0.05, 0) is 43.9 Å². The first-order chi connectivity index (χ1) is 16.8. The van der Waals surface area contributed by atoms with Gasteiger partial charge in [0, 0.05) is 42.3 Å². The lowest BCUT2D eigenvalue weighted by atomic mass is 10.2. The average Bonchev–Trinajstić information content (AvgIpc) is 3.59. The number of aromatic nitrogens is 3. The van der Waals surface area contributed by atoms with Gasteiger partial charge in [-0.3, -0.25) is 0 Å². The third kappa shape index (κ3) is 5.39. The summed E-state index contributed by atoms with van der Waals surface area (Å²) in [5, 5.41) is 5.10. The first-order valence-electron chi connectivity index (χ1n) is 11.8. The number of halogens is 1. The van der Waals surface area contributed by atoms with Crippen LogP contribution >= 0.6 is 11.6 Å². The first kappa shape index (κ1) is 22.4. The van der Waals surface area contributed by atoms with Gasteiger partial charge in [-0.25, -0.2) is 5.43 Å². The predicted octanol–water partition coefficient (Wildman–Crippen LogP) is 4.75. The van der Waals surface area contributed by atoms with Crippen LogP contribution in [0.2, 0.25) is 5.02 Å². The number of benzene rings is 2. The topological polar surface area (TPSA) is 78.8 Å². The highest BCUT2D eigenvalue weighted by Gasteiger charge is 2.21. The van der Waals surface area contributed by atoms with E-state index in [1.165, 1.54) is 0 Å². The van der Waals surface area contributed by atoms with Crippen LogP contribution in [0.25, 0.3) is 0 Å². The normalized spacial score (nSPS) is 15.9. The monoisotopic (exact) mass is 477 g/mol. The van der Waals surface area contributed by atoms with Crippen molar-refractivity contribution >= 4 is 35.7 Å². The number of nitrogens with one attached hydrogen (secondary N) is 1. The molecule has 0 aliphatic carbocycles. The molecular formula is C25H28ClN7O. The Bertz CT molecular complexity index is 1110. The molecule has 0 spiro atoms. The van der Waals surface area contributed by atoms with Crippen molar-refractivity contribution in [2.75, 3.05) is 41.4 Å². The summed E-state index contributed by atoms with van der Waals surface area (Å²) in [5.41, 5.74) is 4.78. The van der Waals surface area contributed by atoms with E-state index >= 15 is 0 Å². The van der Waals surface area contributed by atoms with Crippen LogP contribution in [0.4, 0.5) is 17.8 Å². The highest BCUT2D eigenvalue weighted by atomic mass is 35.5. The summed E-state index contributed by atoms with van der Waals surface area (Å²) < 4.78 is 6.02. The van der Waals surface area contributed by atoms with Crippen molar-refractivity contribution in [3.63, 3.8) is 0 Å². The van der Waals surface area contributed by atoms with E-state index in [1.807, 2.05) is 48.5 Å². The van der Waals surface area contributed by atoms with E-state index in [0.29, 0.717) is 17.6 Å². The maximum atomic E-state index is 6.26. The second-order valence-corrected chi connectivity index (χ2v) is 8.84. The number of hydrogen-bond donors (Lipinski definition) is 1. The molecule has 3 heterocycles. The summed E-state index contributed by atoms with van der Waals surface area (Å²) in [6, 6.07) is 15.4. The summed E-state index contributed by atoms with van der Waals surface area (Å²) >= 11 is 6.26. The van der Waals surface area contributed by atoms with Crippen molar-refractivity contribution in [2.45, 2.75) is 32.3 Å². The Balaban J connectivity index is 1.31. The molecule has 0 bridgehead atoms. The van der Waals surface area contributed by atoms with Crippen LogP contribution in [-0.2, 0) is 6.61 Å². The molecule has 2 aromatic carbocycles. The maximum Gasteiger partial charge on any atom is 0.250 e. The van der Waals surface area contributed by atoms with Crippen molar-refractivity contribution in [3.8, 4) is 5.75 Å². The van der Waals surface area contributed by atoms with E-state index in [9.17, 15) is 0 Å². The number of rotatable bonds is 8. The van der Waals surface area contributed by atoms with Crippen molar-refractivity contribution in [3.05, 3.63) is 64.7 Å². The van der Waals surface area contributed by atoms with Crippen molar-refractivity contribution < 1.29 is 4.74 Å². The van der Waals surface area contributed by atoms with Gasteiger partial charge in [0.15, 0.2) is 0 Å². The van der Waals surface area contributed by atoms with E-state index < -0.39 is 0 Å². The van der Waals surface area contributed by atoms with E-state index in [-0.39, 0.29) is 0 Å². The molecule has 8 nitrogen and oxygen atoms in total. The Labute approximate surface area is 204 Å². The Kier molecular flexibility index (Phi) is 7.05. The molecule has 1 N–H and O–H groups in total. The van der Waals surface area contributed by atoms with Gasteiger partial charge in [0.1, 0.15) is 12.4 Å². The second kappa shape index (κ2) is 10.7. The van der Waals surface area contributed by atoms with Gasteiger partial charge in [-0.15, -0.1) is 0 Å². The van der Waals surface area contributed by atoms with Crippen LogP contribution in [0.1, 0.15) is 36.8 Å². The zero-order chi connectivity index (χ0) is 23.2. The lowest BCUT2D eigenvalue weighted by Gasteiger charge is -2.20. The van der Waals surface area contributed by atoms with Crippen molar-refractivity contribution in [1.82, 2.24) is 15.0 Å². The van der Waals surface area contributed by atoms with Crippen LogP contribution in [0.5, 0.6) is 5.75 Å². The quantitative estimate of drug-likeness (QED) is 0.370. The Morgan fingerprint density at radius 1 is 0.853 bits per heavy atom. The highest BCUT2D eigenvalue weighted by Crippen LogP contribution is 2.24.